The lowest BCUT2D eigenvalue weighted by atomic mass is 9.77. The Morgan fingerprint density at radius 3 is 1.95 bits per heavy atom. The molecule has 3 unspecified atom stereocenters. The number of likely N-dealkylation sites (N-methyl/N-ethyl adjacent to an activating group) is 2. The van der Waals surface area contributed by atoms with Gasteiger partial charge >= 0.3 is 0 Å². The first kappa shape index (κ1) is 45.2. The molecular weight excluding hydrogens is 821 g/mol. The summed E-state index contributed by atoms with van der Waals surface area (Å²) in [5.41, 5.74) is 13.4. The molecule has 7 atom stereocenters. The van der Waals surface area contributed by atoms with Gasteiger partial charge in [0.15, 0.2) is 0 Å². The highest BCUT2D eigenvalue weighted by atomic mass is 16.2. The molecule has 2 saturated heterocycles. The minimum Gasteiger partial charge on any atom is -0.326 e. The molecule has 2 amide bonds. The van der Waals surface area contributed by atoms with Crippen molar-refractivity contribution in [2.75, 3.05) is 65.0 Å². The lowest BCUT2D eigenvalue weighted by Crippen LogP contribution is -2.45. The number of hydrogen-bond donors (Lipinski definition) is 4. The third kappa shape index (κ3) is 9.73. The summed E-state index contributed by atoms with van der Waals surface area (Å²) in [6.07, 6.45) is 16.6. The maximum absolute atomic E-state index is 13.9. The van der Waals surface area contributed by atoms with Crippen LogP contribution in [0.3, 0.4) is 0 Å². The molecule has 0 saturated carbocycles. The Bertz CT molecular complexity index is 2390. The van der Waals surface area contributed by atoms with E-state index in [2.05, 4.69) is 124 Å². The number of benzene rings is 2. The molecule has 6 aliphatic rings. The quantitative estimate of drug-likeness (QED) is 0.112. The van der Waals surface area contributed by atoms with Gasteiger partial charge in [0.2, 0.25) is 11.8 Å². The molecule has 10 rings (SSSR count). The normalized spacial score (nSPS) is 26.4. The number of nitrogens with one attached hydrogen (secondary N) is 4. The first-order valence-corrected chi connectivity index (χ1v) is 25.2. The summed E-state index contributed by atoms with van der Waals surface area (Å²) in [7, 11) is 8.80. The predicted octanol–water partition coefficient (Wildman–Crippen LogP) is 6.96. The number of pyridine rings is 2. The van der Waals surface area contributed by atoms with Gasteiger partial charge in [0.05, 0.1) is 23.5 Å². The number of rotatable bonds is 13. The van der Waals surface area contributed by atoms with Crippen molar-refractivity contribution in [1.82, 2.24) is 40.2 Å². The van der Waals surface area contributed by atoms with Gasteiger partial charge in [0, 0.05) is 92.9 Å². The number of anilines is 2. The number of aromatic nitrogens is 2. The predicted molar refractivity (Wildman–Crippen MR) is 263 cm³/mol. The molecule has 4 aliphatic heterocycles. The Balaban J connectivity index is 0.856. The van der Waals surface area contributed by atoms with Crippen molar-refractivity contribution >= 4 is 23.2 Å². The Labute approximate surface area is 392 Å². The summed E-state index contributed by atoms with van der Waals surface area (Å²) in [6, 6.07) is 21.4. The van der Waals surface area contributed by atoms with Crippen LogP contribution >= 0.6 is 0 Å². The summed E-state index contributed by atoms with van der Waals surface area (Å²) in [4.78, 5) is 46.9. The van der Waals surface area contributed by atoms with Crippen LogP contribution in [0.1, 0.15) is 133 Å². The molecule has 0 bridgehead atoms. The fourth-order valence-electron chi connectivity index (χ4n) is 12.7. The third-order valence-corrected chi connectivity index (χ3v) is 16.4. The third-order valence-electron chi connectivity index (χ3n) is 16.4. The number of aryl methyl sites for hydroxylation is 1. The molecule has 2 aromatic heterocycles. The van der Waals surface area contributed by atoms with Gasteiger partial charge in [0.1, 0.15) is 0 Å². The van der Waals surface area contributed by atoms with Crippen LogP contribution in [-0.2, 0) is 41.9 Å². The standard InChI is InChI=1S/C54H72N10O2/c1-61-23-9-14-41(61)29-51(65)59-47-17-5-12-36-31-57-39(27-45(36)47)34-64(4)50-20-19-43(44-16-8-22-56-54(44)50)37-25-38-32-58-40(33-63(3)49-18-6-11-35-13-7-21-55-53(35)49)28-46(38)48(26-37)60-52(66)30-42-15-10-24-62(42)2/h5,7-8,12-13,16-17,21-22,25-26,39-43,49-50,57-58H,6,9-11,14-15,18-20,23-24,27-34H2,1-4H3,(H,59,65)(H,60,66)/t39-,40+,41?,42?,43?,49-,50-/m0/s1. The molecule has 2 aliphatic carbocycles. The summed E-state index contributed by atoms with van der Waals surface area (Å²) in [5.74, 6) is 0.405. The Morgan fingerprint density at radius 2 is 1.27 bits per heavy atom. The van der Waals surface area contributed by atoms with Gasteiger partial charge in [-0.1, -0.05) is 30.3 Å². The van der Waals surface area contributed by atoms with Gasteiger partial charge in [-0.2, -0.15) is 0 Å². The molecule has 4 N–H and O–H groups in total. The van der Waals surface area contributed by atoms with Crippen LogP contribution < -0.4 is 21.3 Å². The number of nitrogens with zero attached hydrogens (tertiary/aromatic N) is 6. The first-order valence-electron chi connectivity index (χ1n) is 25.2. The average Bonchev–Trinajstić information content (AvgIpc) is 3.93. The van der Waals surface area contributed by atoms with Gasteiger partial charge in [-0.05, 0) is 175 Å². The van der Waals surface area contributed by atoms with E-state index in [0.717, 1.165) is 121 Å². The summed E-state index contributed by atoms with van der Waals surface area (Å²) >= 11 is 0. The van der Waals surface area contributed by atoms with E-state index in [-0.39, 0.29) is 35.9 Å². The van der Waals surface area contributed by atoms with E-state index >= 15 is 0 Å². The van der Waals surface area contributed by atoms with Crippen molar-refractivity contribution in [1.29, 1.82) is 0 Å². The van der Waals surface area contributed by atoms with Crippen molar-refractivity contribution in [3.8, 4) is 0 Å². The molecule has 12 heteroatoms. The minimum atomic E-state index is 0.113. The van der Waals surface area contributed by atoms with Crippen molar-refractivity contribution in [3.63, 3.8) is 0 Å². The van der Waals surface area contributed by atoms with E-state index in [4.69, 9.17) is 9.97 Å². The zero-order chi connectivity index (χ0) is 45.3. The van der Waals surface area contributed by atoms with Crippen molar-refractivity contribution in [2.45, 2.75) is 139 Å². The van der Waals surface area contributed by atoms with Crippen LogP contribution in [-0.4, -0.2) is 120 Å². The van der Waals surface area contributed by atoms with Gasteiger partial charge in [-0.15, -0.1) is 0 Å². The van der Waals surface area contributed by atoms with Crippen LogP contribution in [0.2, 0.25) is 0 Å². The topological polar surface area (TPSA) is 121 Å². The monoisotopic (exact) mass is 893 g/mol. The van der Waals surface area contributed by atoms with Crippen LogP contribution in [0, 0.1) is 0 Å². The molecule has 12 nitrogen and oxygen atoms in total. The van der Waals surface area contributed by atoms with E-state index in [1.54, 1.807) is 0 Å². The highest BCUT2D eigenvalue weighted by molar-refractivity contribution is 5.93. The minimum absolute atomic E-state index is 0.113. The molecule has 66 heavy (non-hydrogen) atoms. The fraction of sp³-hybridized carbons (Fsp3) is 0.556. The van der Waals surface area contributed by atoms with E-state index in [1.807, 2.05) is 12.4 Å². The summed E-state index contributed by atoms with van der Waals surface area (Å²) < 4.78 is 0. The van der Waals surface area contributed by atoms with Gasteiger partial charge < -0.3 is 31.1 Å². The lowest BCUT2D eigenvalue weighted by Gasteiger charge is -2.39. The molecule has 0 spiro atoms. The smallest absolute Gasteiger partial charge is 0.225 e. The van der Waals surface area contributed by atoms with Crippen molar-refractivity contribution < 1.29 is 9.59 Å². The highest BCUT2D eigenvalue weighted by Crippen LogP contribution is 2.44. The SMILES string of the molecule is CN1CCCC1CC(=O)Nc1cc(C2CC[C@H](N(C)C[C@@H]3Cc4c(cccc4NC(=O)CC4CCCN4C)CN3)c3ncccc32)cc2c1C[C@H](CN(C)[C@H]1CCCc3cccnc31)NC2. The Morgan fingerprint density at radius 1 is 0.667 bits per heavy atom. The number of likely N-dealkylation sites (tertiary alicyclic amines) is 2. The van der Waals surface area contributed by atoms with E-state index in [1.165, 1.54) is 51.1 Å². The zero-order valence-electron chi connectivity index (χ0n) is 39.8. The number of carbonyl (C=O) groups excluding carboxylic acids is 2. The van der Waals surface area contributed by atoms with Crippen LogP contribution in [0.4, 0.5) is 11.4 Å². The molecular formula is C54H72N10O2. The molecule has 2 fully saturated rings. The zero-order valence-corrected chi connectivity index (χ0v) is 39.8. The molecule has 6 heterocycles. The number of amides is 2. The van der Waals surface area contributed by atoms with Crippen LogP contribution in [0.15, 0.2) is 67.0 Å². The number of carbonyl (C=O) groups is 2. The van der Waals surface area contributed by atoms with E-state index in [0.29, 0.717) is 31.0 Å². The molecule has 2 aromatic carbocycles. The number of hydrogen-bond acceptors (Lipinski definition) is 10. The second-order valence-electron chi connectivity index (χ2n) is 20.7. The fourth-order valence-corrected chi connectivity index (χ4v) is 12.7. The second kappa shape index (κ2) is 20.0. The lowest BCUT2D eigenvalue weighted by molar-refractivity contribution is -0.118. The highest BCUT2D eigenvalue weighted by Gasteiger charge is 2.36. The van der Waals surface area contributed by atoms with Crippen LogP contribution in [0.5, 0.6) is 0 Å². The van der Waals surface area contributed by atoms with E-state index < -0.39 is 0 Å². The first-order chi connectivity index (χ1) is 32.1. The van der Waals surface area contributed by atoms with E-state index in [9.17, 15) is 9.59 Å². The van der Waals surface area contributed by atoms with Gasteiger partial charge in [0.25, 0.3) is 0 Å². The Hall–Kier alpha value is -4.56. The van der Waals surface area contributed by atoms with Crippen molar-refractivity contribution in [2.24, 2.45) is 0 Å². The van der Waals surface area contributed by atoms with Crippen LogP contribution in [0.25, 0.3) is 0 Å². The Kier molecular flexibility index (Phi) is 13.7. The average molecular weight is 893 g/mol. The largest absolute Gasteiger partial charge is 0.326 e. The van der Waals surface area contributed by atoms with Gasteiger partial charge in [-0.3, -0.25) is 29.4 Å². The molecule has 0 radical (unpaired) electrons. The summed E-state index contributed by atoms with van der Waals surface area (Å²) in [6.45, 7) is 5.47. The van der Waals surface area contributed by atoms with Gasteiger partial charge in [-0.25, -0.2) is 0 Å². The second-order valence-corrected chi connectivity index (χ2v) is 20.7. The molecule has 4 aromatic rings. The number of fused-ring (bicyclic) bond motifs is 4. The summed E-state index contributed by atoms with van der Waals surface area (Å²) in [5, 5.41) is 14.6. The molecule has 350 valence electrons. The maximum Gasteiger partial charge on any atom is 0.225 e. The van der Waals surface area contributed by atoms with Crippen molar-refractivity contribution in [3.05, 3.63) is 117 Å². The maximum atomic E-state index is 13.9.